The molecule has 2 rings (SSSR count). The Morgan fingerprint density at radius 1 is 1.19 bits per heavy atom. The molecule has 2 aromatic rings. The van der Waals surface area contributed by atoms with Crippen molar-refractivity contribution in [2.75, 3.05) is 19.0 Å². The number of nitrogens with one attached hydrogen (secondary N) is 1. The van der Waals surface area contributed by atoms with E-state index in [9.17, 15) is 0 Å². The third kappa shape index (κ3) is 4.34. The van der Waals surface area contributed by atoms with Crippen molar-refractivity contribution in [1.29, 1.82) is 0 Å². The summed E-state index contributed by atoms with van der Waals surface area (Å²) in [6.45, 7) is 4.80. The highest BCUT2D eigenvalue weighted by Gasteiger charge is 2.07. The maximum Gasteiger partial charge on any atom is 0.218 e. The van der Waals surface area contributed by atoms with Gasteiger partial charge in [-0.15, -0.1) is 0 Å². The fourth-order valence-corrected chi connectivity index (χ4v) is 1.90. The Morgan fingerprint density at radius 2 is 1.95 bits per heavy atom. The molecule has 21 heavy (non-hydrogen) atoms. The maximum absolute atomic E-state index is 5.51. The van der Waals surface area contributed by atoms with Crippen LogP contribution in [-0.2, 0) is 0 Å². The van der Waals surface area contributed by atoms with Crippen LogP contribution in [0.2, 0.25) is 0 Å². The van der Waals surface area contributed by atoms with Gasteiger partial charge in [0.1, 0.15) is 17.9 Å². The quantitative estimate of drug-likeness (QED) is 0.845. The molecule has 0 fully saturated rings. The normalized spacial score (nSPS) is 11.8. The molecule has 0 aliphatic carbocycles. The zero-order valence-electron chi connectivity index (χ0n) is 12.7. The highest BCUT2D eigenvalue weighted by Crippen LogP contribution is 2.21. The van der Waals surface area contributed by atoms with E-state index in [0.29, 0.717) is 12.5 Å². The second-order valence-corrected chi connectivity index (χ2v) is 4.73. The standard InChI is InChI=1S/C16H21N3O2/c1-4-9-21-16-10-15(17-11-18-16)19-12(2)13-5-7-14(20-3)8-6-13/h5-8,10-12H,4,9H2,1-3H3,(H,17,18,19). The molecule has 5 nitrogen and oxygen atoms in total. The van der Waals surface area contributed by atoms with Crippen LogP contribution in [0.5, 0.6) is 11.6 Å². The van der Waals surface area contributed by atoms with Crippen molar-refractivity contribution < 1.29 is 9.47 Å². The van der Waals surface area contributed by atoms with Crippen LogP contribution in [0.4, 0.5) is 5.82 Å². The minimum absolute atomic E-state index is 0.129. The largest absolute Gasteiger partial charge is 0.497 e. The number of hydrogen-bond acceptors (Lipinski definition) is 5. The van der Waals surface area contributed by atoms with Crippen molar-refractivity contribution >= 4 is 5.82 Å². The molecule has 5 heteroatoms. The Hall–Kier alpha value is -2.30. The zero-order chi connectivity index (χ0) is 15.1. The summed E-state index contributed by atoms with van der Waals surface area (Å²) in [6, 6.07) is 9.91. The van der Waals surface area contributed by atoms with E-state index in [1.165, 1.54) is 6.33 Å². The Balaban J connectivity index is 2.02. The third-order valence-corrected chi connectivity index (χ3v) is 3.08. The molecule has 0 amide bonds. The number of methoxy groups -OCH3 is 1. The summed E-state index contributed by atoms with van der Waals surface area (Å²) in [5, 5.41) is 3.34. The Morgan fingerprint density at radius 3 is 2.62 bits per heavy atom. The molecule has 0 saturated heterocycles. The Labute approximate surface area is 125 Å². The number of hydrogen-bond donors (Lipinski definition) is 1. The first kappa shape index (κ1) is 15.1. The molecule has 0 bridgehead atoms. The third-order valence-electron chi connectivity index (χ3n) is 3.08. The number of anilines is 1. The number of aromatic nitrogens is 2. The number of rotatable bonds is 7. The minimum atomic E-state index is 0.129. The van der Waals surface area contributed by atoms with Crippen LogP contribution in [0.1, 0.15) is 31.9 Å². The van der Waals surface area contributed by atoms with E-state index in [1.807, 2.05) is 30.3 Å². The molecule has 0 radical (unpaired) electrons. The Bertz CT molecular complexity index is 558. The van der Waals surface area contributed by atoms with Gasteiger partial charge >= 0.3 is 0 Å². The first-order chi connectivity index (χ1) is 10.2. The van der Waals surface area contributed by atoms with Crippen LogP contribution in [-0.4, -0.2) is 23.7 Å². The molecule has 112 valence electrons. The summed E-state index contributed by atoms with van der Waals surface area (Å²) >= 11 is 0. The van der Waals surface area contributed by atoms with E-state index < -0.39 is 0 Å². The number of nitrogens with zero attached hydrogens (tertiary/aromatic N) is 2. The van der Waals surface area contributed by atoms with Gasteiger partial charge in [-0.25, -0.2) is 9.97 Å². The average molecular weight is 287 g/mol. The van der Waals surface area contributed by atoms with E-state index in [4.69, 9.17) is 9.47 Å². The van der Waals surface area contributed by atoms with Gasteiger partial charge in [0.2, 0.25) is 5.88 Å². The van der Waals surface area contributed by atoms with Crippen molar-refractivity contribution in [2.45, 2.75) is 26.3 Å². The van der Waals surface area contributed by atoms with Gasteiger partial charge in [0.25, 0.3) is 0 Å². The van der Waals surface area contributed by atoms with E-state index >= 15 is 0 Å². The van der Waals surface area contributed by atoms with Gasteiger partial charge in [-0.2, -0.15) is 0 Å². The summed E-state index contributed by atoms with van der Waals surface area (Å²) in [6.07, 6.45) is 2.46. The van der Waals surface area contributed by atoms with Crippen molar-refractivity contribution in [3.05, 3.63) is 42.2 Å². The molecule has 0 aliphatic heterocycles. The number of benzene rings is 1. The monoisotopic (exact) mass is 287 g/mol. The van der Waals surface area contributed by atoms with Crippen LogP contribution >= 0.6 is 0 Å². The molecule has 1 unspecified atom stereocenters. The topological polar surface area (TPSA) is 56.3 Å². The average Bonchev–Trinajstić information content (AvgIpc) is 2.53. The van der Waals surface area contributed by atoms with Crippen LogP contribution in [0.15, 0.2) is 36.7 Å². The summed E-state index contributed by atoms with van der Waals surface area (Å²) < 4.78 is 10.7. The maximum atomic E-state index is 5.51. The van der Waals surface area contributed by atoms with E-state index in [0.717, 1.165) is 23.6 Å². The lowest BCUT2D eigenvalue weighted by Crippen LogP contribution is -2.08. The van der Waals surface area contributed by atoms with Gasteiger partial charge in [0.05, 0.1) is 13.7 Å². The molecule has 1 heterocycles. The lowest BCUT2D eigenvalue weighted by molar-refractivity contribution is 0.305. The number of ether oxygens (including phenoxy) is 2. The summed E-state index contributed by atoms with van der Waals surface area (Å²) in [5.74, 6) is 2.19. The van der Waals surface area contributed by atoms with Gasteiger partial charge in [-0.05, 0) is 31.0 Å². The Kier molecular flexibility index (Phi) is 5.37. The van der Waals surface area contributed by atoms with Crippen molar-refractivity contribution in [3.8, 4) is 11.6 Å². The van der Waals surface area contributed by atoms with Gasteiger partial charge in [0.15, 0.2) is 0 Å². The SMILES string of the molecule is CCCOc1cc(NC(C)c2ccc(OC)cc2)ncn1. The van der Waals surface area contributed by atoms with Gasteiger partial charge in [-0.1, -0.05) is 19.1 Å². The van der Waals surface area contributed by atoms with Crippen LogP contribution in [0, 0.1) is 0 Å². The zero-order valence-corrected chi connectivity index (χ0v) is 12.7. The molecule has 1 aromatic carbocycles. The smallest absolute Gasteiger partial charge is 0.218 e. The van der Waals surface area contributed by atoms with Crippen molar-refractivity contribution in [3.63, 3.8) is 0 Å². The lowest BCUT2D eigenvalue weighted by Gasteiger charge is -2.15. The van der Waals surface area contributed by atoms with Crippen molar-refractivity contribution in [1.82, 2.24) is 9.97 Å². The van der Waals surface area contributed by atoms with E-state index in [1.54, 1.807) is 7.11 Å². The molecule has 1 N–H and O–H groups in total. The lowest BCUT2D eigenvalue weighted by atomic mass is 10.1. The van der Waals surface area contributed by atoms with Gasteiger partial charge in [0, 0.05) is 12.1 Å². The summed E-state index contributed by atoms with van der Waals surface area (Å²) in [5.41, 5.74) is 1.16. The summed E-state index contributed by atoms with van der Waals surface area (Å²) in [4.78, 5) is 8.31. The molecule has 1 atom stereocenters. The fourth-order valence-electron chi connectivity index (χ4n) is 1.90. The highest BCUT2D eigenvalue weighted by molar-refractivity contribution is 5.41. The van der Waals surface area contributed by atoms with E-state index in [2.05, 4.69) is 29.1 Å². The van der Waals surface area contributed by atoms with Gasteiger partial charge in [-0.3, -0.25) is 0 Å². The second kappa shape index (κ2) is 7.47. The van der Waals surface area contributed by atoms with E-state index in [-0.39, 0.29) is 6.04 Å². The van der Waals surface area contributed by atoms with Crippen LogP contribution < -0.4 is 14.8 Å². The van der Waals surface area contributed by atoms with Crippen LogP contribution in [0.25, 0.3) is 0 Å². The molecule has 0 aliphatic rings. The fraction of sp³-hybridized carbons (Fsp3) is 0.375. The molecule has 1 aromatic heterocycles. The second-order valence-electron chi connectivity index (χ2n) is 4.73. The molecule has 0 saturated carbocycles. The molecular formula is C16H21N3O2. The highest BCUT2D eigenvalue weighted by atomic mass is 16.5. The first-order valence-corrected chi connectivity index (χ1v) is 7.08. The van der Waals surface area contributed by atoms with Crippen LogP contribution in [0.3, 0.4) is 0 Å². The molecule has 0 spiro atoms. The predicted molar refractivity (Wildman–Crippen MR) is 82.8 cm³/mol. The summed E-state index contributed by atoms with van der Waals surface area (Å²) in [7, 11) is 1.66. The van der Waals surface area contributed by atoms with Gasteiger partial charge < -0.3 is 14.8 Å². The predicted octanol–water partition coefficient (Wildman–Crippen LogP) is 3.45. The minimum Gasteiger partial charge on any atom is -0.497 e. The van der Waals surface area contributed by atoms with Crippen molar-refractivity contribution in [2.24, 2.45) is 0 Å². The first-order valence-electron chi connectivity index (χ1n) is 7.08. The molecular weight excluding hydrogens is 266 g/mol.